The number of allylic oxidation sites excluding steroid dienone is 1. The molecule has 200 valence electrons. The average Bonchev–Trinajstić information content (AvgIpc) is 3.43. The summed E-state index contributed by atoms with van der Waals surface area (Å²) in [5, 5.41) is 33.4. The van der Waals surface area contributed by atoms with Crippen molar-refractivity contribution < 1.29 is 24.8 Å². The van der Waals surface area contributed by atoms with Gasteiger partial charge in [-0.2, -0.15) is 0 Å². The van der Waals surface area contributed by atoms with E-state index in [0.717, 1.165) is 37.8 Å². The van der Waals surface area contributed by atoms with E-state index in [1.165, 1.54) is 16.7 Å². The molecule has 0 bridgehead atoms. The highest BCUT2D eigenvalue weighted by Crippen LogP contribution is 2.67. The minimum Gasteiger partial charge on any atom is -0.385 e. The molecule has 1 aromatic carbocycles. The SMILES string of the molecule is CN(C)c1ccc([C@H]2C[C@@]3(C)[C@@H](CC[C@@]3(O)C#CCO)[C@@H]3CC[C@@]4(O)CC5(CCC4=C32)OCCO5)cc1. The molecule has 1 aromatic rings. The van der Waals surface area contributed by atoms with Crippen LogP contribution in [-0.4, -0.2) is 66.2 Å². The Morgan fingerprint density at radius 3 is 2.43 bits per heavy atom. The van der Waals surface area contributed by atoms with E-state index >= 15 is 0 Å². The molecule has 0 radical (unpaired) electrons. The molecule has 4 fully saturated rings. The summed E-state index contributed by atoms with van der Waals surface area (Å²) in [6.07, 6.45) is 5.97. The lowest BCUT2D eigenvalue weighted by Gasteiger charge is -2.57. The molecular weight excluding hydrogens is 466 g/mol. The summed E-state index contributed by atoms with van der Waals surface area (Å²) in [5.74, 6) is 5.92. The third kappa shape index (κ3) is 3.81. The molecule has 0 amide bonds. The Balaban J connectivity index is 1.47. The van der Waals surface area contributed by atoms with Crippen LogP contribution in [0, 0.1) is 29.1 Å². The van der Waals surface area contributed by atoms with Crippen molar-refractivity contribution in [1.29, 1.82) is 0 Å². The van der Waals surface area contributed by atoms with Gasteiger partial charge in [-0.3, -0.25) is 0 Å². The van der Waals surface area contributed by atoms with Gasteiger partial charge in [-0.1, -0.05) is 36.5 Å². The number of aliphatic hydroxyl groups excluding tert-OH is 1. The maximum Gasteiger partial charge on any atom is 0.171 e. The number of fused-ring (bicyclic) bond motifs is 4. The molecule has 5 aliphatic rings. The topological polar surface area (TPSA) is 82.4 Å². The van der Waals surface area contributed by atoms with Gasteiger partial charge in [-0.25, -0.2) is 0 Å². The summed E-state index contributed by atoms with van der Waals surface area (Å²) >= 11 is 0. The predicted molar refractivity (Wildman–Crippen MR) is 142 cm³/mol. The molecule has 0 unspecified atom stereocenters. The first kappa shape index (κ1) is 25.4. The van der Waals surface area contributed by atoms with E-state index in [1.54, 1.807) is 0 Å². The lowest BCUT2D eigenvalue weighted by atomic mass is 9.49. The van der Waals surface area contributed by atoms with Gasteiger partial charge in [0.1, 0.15) is 12.2 Å². The number of hydrogen-bond acceptors (Lipinski definition) is 6. The van der Waals surface area contributed by atoms with Gasteiger partial charge in [-0.05, 0) is 73.6 Å². The molecule has 1 saturated heterocycles. The molecule has 6 atom stereocenters. The van der Waals surface area contributed by atoms with Crippen molar-refractivity contribution in [2.24, 2.45) is 17.3 Å². The van der Waals surface area contributed by atoms with Crippen LogP contribution in [0.5, 0.6) is 0 Å². The van der Waals surface area contributed by atoms with Crippen molar-refractivity contribution in [3.8, 4) is 11.8 Å². The number of hydrogen-bond donors (Lipinski definition) is 3. The van der Waals surface area contributed by atoms with Crippen molar-refractivity contribution in [3.63, 3.8) is 0 Å². The van der Waals surface area contributed by atoms with Crippen LogP contribution in [0.4, 0.5) is 5.69 Å². The van der Waals surface area contributed by atoms with Gasteiger partial charge < -0.3 is 29.7 Å². The van der Waals surface area contributed by atoms with Crippen LogP contribution in [0.15, 0.2) is 35.4 Å². The zero-order valence-corrected chi connectivity index (χ0v) is 22.4. The van der Waals surface area contributed by atoms with E-state index in [0.29, 0.717) is 44.3 Å². The van der Waals surface area contributed by atoms with Crippen LogP contribution in [0.2, 0.25) is 0 Å². The van der Waals surface area contributed by atoms with E-state index in [-0.39, 0.29) is 12.5 Å². The van der Waals surface area contributed by atoms with Gasteiger partial charge in [-0.15, -0.1) is 0 Å². The highest BCUT2D eigenvalue weighted by atomic mass is 16.7. The fourth-order valence-corrected chi connectivity index (χ4v) is 8.71. The molecule has 4 aliphatic carbocycles. The average molecular weight is 508 g/mol. The van der Waals surface area contributed by atoms with Crippen LogP contribution < -0.4 is 4.90 Å². The lowest BCUT2D eigenvalue weighted by Crippen LogP contribution is -2.55. The number of benzene rings is 1. The van der Waals surface area contributed by atoms with Gasteiger partial charge in [0.25, 0.3) is 0 Å². The van der Waals surface area contributed by atoms with Crippen LogP contribution in [-0.2, 0) is 9.47 Å². The Morgan fingerprint density at radius 1 is 1.03 bits per heavy atom. The minimum atomic E-state index is -1.12. The van der Waals surface area contributed by atoms with Crippen molar-refractivity contribution in [2.75, 3.05) is 38.8 Å². The van der Waals surface area contributed by atoms with Crippen molar-refractivity contribution in [1.82, 2.24) is 0 Å². The molecule has 1 aliphatic heterocycles. The number of ether oxygens (including phenoxy) is 2. The van der Waals surface area contributed by atoms with Gasteiger partial charge in [0.15, 0.2) is 5.79 Å². The summed E-state index contributed by atoms with van der Waals surface area (Å²) in [6.45, 7) is 3.17. The van der Waals surface area contributed by atoms with Gasteiger partial charge in [0.2, 0.25) is 0 Å². The first-order chi connectivity index (χ1) is 17.6. The molecule has 1 heterocycles. The second-order valence-corrected chi connectivity index (χ2v) is 12.5. The Hall–Kier alpha value is -1.88. The van der Waals surface area contributed by atoms with E-state index in [2.05, 4.69) is 47.9 Å². The molecular formula is C31H41NO5. The smallest absolute Gasteiger partial charge is 0.171 e. The van der Waals surface area contributed by atoms with E-state index in [1.807, 2.05) is 14.1 Å². The first-order valence-electron chi connectivity index (χ1n) is 14.0. The van der Waals surface area contributed by atoms with Crippen LogP contribution in [0.1, 0.15) is 69.8 Å². The quantitative estimate of drug-likeness (QED) is 0.418. The molecule has 1 spiro atoms. The predicted octanol–water partition coefficient (Wildman–Crippen LogP) is 3.75. The number of rotatable bonds is 2. The second-order valence-electron chi connectivity index (χ2n) is 12.5. The molecule has 6 nitrogen and oxygen atoms in total. The molecule has 3 saturated carbocycles. The minimum absolute atomic E-state index is 0.101. The zero-order chi connectivity index (χ0) is 26.1. The van der Waals surface area contributed by atoms with E-state index < -0.39 is 22.4 Å². The number of nitrogens with zero attached hydrogens (tertiary/aromatic N) is 1. The lowest BCUT2D eigenvalue weighted by molar-refractivity contribution is -0.208. The van der Waals surface area contributed by atoms with Crippen molar-refractivity contribution in [2.45, 2.75) is 81.2 Å². The summed E-state index contributed by atoms with van der Waals surface area (Å²) < 4.78 is 12.1. The van der Waals surface area contributed by atoms with Crippen molar-refractivity contribution >= 4 is 5.69 Å². The third-order valence-electron chi connectivity index (χ3n) is 10.6. The number of aliphatic hydroxyl groups is 3. The van der Waals surface area contributed by atoms with Crippen LogP contribution in [0.3, 0.4) is 0 Å². The maximum atomic E-state index is 12.1. The highest BCUT2D eigenvalue weighted by Gasteiger charge is 2.64. The van der Waals surface area contributed by atoms with E-state index in [4.69, 9.17) is 9.47 Å². The highest BCUT2D eigenvalue weighted by molar-refractivity contribution is 5.50. The molecule has 6 heteroatoms. The third-order valence-corrected chi connectivity index (χ3v) is 10.6. The monoisotopic (exact) mass is 507 g/mol. The second kappa shape index (κ2) is 8.83. The van der Waals surface area contributed by atoms with Crippen LogP contribution in [0.25, 0.3) is 0 Å². The Labute approximate surface area is 220 Å². The van der Waals surface area contributed by atoms with Crippen LogP contribution >= 0.6 is 0 Å². The molecule has 37 heavy (non-hydrogen) atoms. The largest absolute Gasteiger partial charge is 0.385 e. The fraction of sp³-hybridized carbons (Fsp3) is 0.677. The normalized spacial score (nSPS) is 40.0. The maximum absolute atomic E-state index is 12.1. The molecule has 3 N–H and O–H groups in total. The summed E-state index contributed by atoms with van der Waals surface area (Å²) in [7, 11) is 4.10. The Morgan fingerprint density at radius 2 is 1.76 bits per heavy atom. The van der Waals surface area contributed by atoms with Gasteiger partial charge in [0.05, 0.1) is 18.8 Å². The van der Waals surface area contributed by atoms with Gasteiger partial charge in [0, 0.05) is 44.0 Å². The summed E-state index contributed by atoms with van der Waals surface area (Å²) in [4.78, 5) is 2.11. The zero-order valence-electron chi connectivity index (χ0n) is 22.4. The standard InChI is InChI=1S/C31H41NO5/c1-28-19-24(21-5-7-22(8-6-21)32(2)3)27-23(25(28)10-14-30(28,35)12-4-16-33)9-13-29(34)20-31(15-11-26(27)29)36-17-18-37-31/h5-8,23-25,33-35H,9-11,13-20H2,1-3H3/t23-,24+,25-,28-,29+,30-/m0/s1. The number of anilines is 1. The van der Waals surface area contributed by atoms with Crippen molar-refractivity contribution in [3.05, 3.63) is 41.0 Å². The molecule has 6 rings (SSSR count). The van der Waals surface area contributed by atoms with E-state index in [9.17, 15) is 15.3 Å². The summed E-state index contributed by atoms with van der Waals surface area (Å²) in [6, 6.07) is 8.79. The Bertz CT molecular complexity index is 1140. The first-order valence-corrected chi connectivity index (χ1v) is 14.0. The summed E-state index contributed by atoms with van der Waals surface area (Å²) in [5.41, 5.74) is 2.58. The Kier molecular flexibility index (Phi) is 6.06. The van der Waals surface area contributed by atoms with Gasteiger partial charge >= 0.3 is 0 Å². The molecule has 0 aromatic heterocycles. The fourth-order valence-electron chi connectivity index (χ4n) is 8.71.